The van der Waals surface area contributed by atoms with Gasteiger partial charge in [-0.1, -0.05) is 27.2 Å². The summed E-state index contributed by atoms with van der Waals surface area (Å²) in [6.45, 7) is 6.70. The van der Waals surface area contributed by atoms with E-state index in [0.717, 1.165) is 5.92 Å². The van der Waals surface area contributed by atoms with E-state index in [9.17, 15) is 0 Å². The second-order valence-electron chi connectivity index (χ2n) is 4.08. The van der Waals surface area contributed by atoms with Crippen molar-refractivity contribution in [3.05, 3.63) is 0 Å². The van der Waals surface area contributed by atoms with Crippen LogP contribution in [0.1, 0.15) is 46.5 Å². The Morgan fingerprint density at radius 3 is 2.46 bits per heavy atom. The quantitative estimate of drug-likeness (QED) is 0.613. The smallest absolute Gasteiger partial charge is 0.00412 e. The zero-order valence-electron chi connectivity index (χ0n) is 9.38. The Balaban J connectivity index is 3.12. The van der Waals surface area contributed by atoms with Gasteiger partial charge in [-0.25, -0.2) is 0 Å². The molecule has 0 aromatic heterocycles. The lowest BCUT2D eigenvalue weighted by molar-refractivity contribution is 0.462. The van der Waals surface area contributed by atoms with Gasteiger partial charge in [-0.05, 0) is 36.7 Å². The van der Waals surface area contributed by atoms with Gasteiger partial charge in [0.1, 0.15) is 0 Å². The van der Waals surface area contributed by atoms with Crippen molar-refractivity contribution in [3.63, 3.8) is 0 Å². The highest BCUT2D eigenvalue weighted by Gasteiger charge is 2.04. The molecule has 0 aromatic rings. The summed E-state index contributed by atoms with van der Waals surface area (Å²) in [6.07, 6.45) is 5.04. The number of rotatable bonds is 8. The number of thioether (sulfide) groups is 1. The van der Waals surface area contributed by atoms with E-state index in [-0.39, 0.29) is 0 Å². The number of hydrogen-bond donors (Lipinski definition) is 1. The van der Waals surface area contributed by atoms with Crippen molar-refractivity contribution in [1.82, 2.24) is 0 Å². The van der Waals surface area contributed by atoms with E-state index >= 15 is 0 Å². The third-order valence-corrected chi connectivity index (χ3v) is 3.08. The predicted molar refractivity (Wildman–Crippen MR) is 64.3 cm³/mol. The minimum Gasteiger partial charge on any atom is -0.328 e. The first-order valence-electron chi connectivity index (χ1n) is 5.50. The second kappa shape index (κ2) is 8.89. The molecule has 13 heavy (non-hydrogen) atoms. The average Bonchev–Trinajstić information content (AvgIpc) is 2.02. The van der Waals surface area contributed by atoms with E-state index in [1.54, 1.807) is 0 Å². The van der Waals surface area contributed by atoms with E-state index in [1.807, 2.05) is 11.8 Å². The van der Waals surface area contributed by atoms with Crippen molar-refractivity contribution in [2.75, 3.05) is 11.5 Å². The van der Waals surface area contributed by atoms with Crippen LogP contribution in [0, 0.1) is 5.92 Å². The molecule has 1 nitrogen and oxygen atoms in total. The zero-order valence-corrected chi connectivity index (χ0v) is 10.2. The van der Waals surface area contributed by atoms with Gasteiger partial charge in [-0.15, -0.1) is 0 Å². The van der Waals surface area contributed by atoms with Gasteiger partial charge in [-0.2, -0.15) is 11.8 Å². The Morgan fingerprint density at radius 2 is 1.92 bits per heavy atom. The van der Waals surface area contributed by atoms with Crippen LogP contribution >= 0.6 is 11.8 Å². The van der Waals surface area contributed by atoms with Crippen molar-refractivity contribution in [3.8, 4) is 0 Å². The molecule has 2 N–H and O–H groups in total. The monoisotopic (exact) mass is 203 g/mol. The normalized spacial score (nSPS) is 13.6. The lowest BCUT2D eigenvalue weighted by atomic mass is 10.0. The maximum atomic E-state index is 5.98. The molecule has 0 fully saturated rings. The molecule has 0 rings (SSSR count). The van der Waals surface area contributed by atoms with Gasteiger partial charge in [0.15, 0.2) is 0 Å². The third-order valence-electron chi connectivity index (χ3n) is 2.09. The molecular formula is C11H25NS. The van der Waals surface area contributed by atoms with Crippen LogP contribution in [0.5, 0.6) is 0 Å². The lowest BCUT2D eigenvalue weighted by Crippen LogP contribution is -2.21. The first-order chi connectivity index (χ1) is 6.16. The fourth-order valence-corrected chi connectivity index (χ4v) is 2.18. The summed E-state index contributed by atoms with van der Waals surface area (Å²) < 4.78 is 0. The van der Waals surface area contributed by atoms with Crippen LogP contribution in [0.3, 0.4) is 0 Å². The molecule has 0 aliphatic carbocycles. The number of unbranched alkanes of at least 4 members (excludes halogenated alkanes) is 1. The van der Waals surface area contributed by atoms with Crippen LogP contribution in [0.15, 0.2) is 0 Å². The highest BCUT2D eigenvalue weighted by Crippen LogP contribution is 2.11. The first-order valence-corrected chi connectivity index (χ1v) is 6.65. The molecule has 0 aliphatic heterocycles. The first kappa shape index (κ1) is 13.3. The summed E-state index contributed by atoms with van der Waals surface area (Å²) in [4.78, 5) is 0. The second-order valence-corrected chi connectivity index (χ2v) is 5.48. The zero-order chi connectivity index (χ0) is 10.1. The van der Waals surface area contributed by atoms with Gasteiger partial charge in [0.05, 0.1) is 0 Å². The summed E-state index contributed by atoms with van der Waals surface area (Å²) in [5.41, 5.74) is 5.98. The number of hydrogen-bond acceptors (Lipinski definition) is 2. The third kappa shape index (κ3) is 10.2. The van der Waals surface area contributed by atoms with Crippen LogP contribution in [-0.4, -0.2) is 17.5 Å². The summed E-state index contributed by atoms with van der Waals surface area (Å²) in [6, 6.07) is 0.437. The molecule has 1 atom stereocenters. The van der Waals surface area contributed by atoms with E-state index in [1.165, 1.54) is 37.2 Å². The Labute approximate surface area is 87.9 Å². The van der Waals surface area contributed by atoms with Crippen LogP contribution in [0.2, 0.25) is 0 Å². The molecule has 0 radical (unpaired) electrons. The maximum Gasteiger partial charge on any atom is 0.00412 e. The van der Waals surface area contributed by atoms with Gasteiger partial charge in [-0.3, -0.25) is 0 Å². The van der Waals surface area contributed by atoms with E-state index in [4.69, 9.17) is 5.73 Å². The van der Waals surface area contributed by atoms with Gasteiger partial charge < -0.3 is 5.73 Å². The standard InChI is InChI=1S/C11H25NS/c1-4-13-8-6-5-7-11(12)9-10(2)3/h10-11H,4-9,12H2,1-3H3. The minimum atomic E-state index is 0.437. The van der Waals surface area contributed by atoms with Crippen LogP contribution in [0.25, 0.3) is 0 Å². The van der Waals surface area contributed by atoms with Gasteiger partial charge in [0, 0.05) is 6.04 Å². The molecule has 2 heteroatoms. The molecule has 0 heterocycles. The lowest BCUT2D eigenvalue weighted by Gasteiger charge is -2.13. The summed E-state index contributed by atoms with van der Waals surface area (Å²) >= 11 is 2.03. The van der Waals surface area contributed by atoms with E-state index < -0.39 is 0 Å². The molecule has 0 saturated carbocycles. The molecule has 1 unspecified atom stereocenters. The van der Waals surface area contributed by atoms with E-state index in [0.29, 0.717) is 6.04 Å². The highest BCUT2D eigenvalue weighted by atomic mass is 32.2. The van der Waals surface area contributed by atoms with Crippen molar-refractivity contribution in [2.24, 2.45) is 11.7 Å². The fourth-order valence-electron chi connectivity index (χ4n) is 1.48. The maximum absolute atomic E-state index is 5.98. The molecule has 80 valence electrons. The van der Waals surface area contributed by atoms with Gasteiger partial charge in [0.2, 0.25) is 0 Å². The molecule has 0 spiro atoms. The molecule has 0 amide bonds. The SMILES string of the molecule is CCSCCCCC(N)CC(C)C. The van der Waals surface area contributed by atoms with Gasteiger partial charge >= 0.3 is 0 Å². The fraction of sp³-hybridized carbons (Fsp3) is 1.00. The Bertz CT molecular complexity index is 104. The van der Waals surface area contributed by atoms with Crippen molar-refractivity contribution >= 4 is 11.8 Å². The van der Waals surface area contributed by atoms with Crippen LogP contribution in [-0.2, 0) is 0 Å². The molecule has 0 saturated heterocycles. The van der Waals surface area contributed by atoms with Gasteiger partial charge in [0.25, 0.3) is 0 Å². The minimum absolute atomic E-state index is 0.437. The predicted octanol–water partition coefficient (Wildman–Crippen LogP) is 3.28. The number of nitrogens with two attached hydrogens (primary N) is 1. The van der Waals surface area contributed by atoms with Crippen molar-refractivity contribution in [1.29, 1.82) is 0 Å². The van der Waals surface area contributed by atoms with Crippen molar-refractivity contribution in [2.45, 2.75) is 52.5 Å². The van der Waals surface area contributed by atoms with Crippen molar-refractivity contribution < 1.29 is 0 Å². The highest BCUT2D eigenvalue weighted by molar-refractivity contribution is 7.99. The topological polar surface area (TPSA) is 26.0 Å². The van der Waals surface area contributed by atoms with Crippen LogP contribution < -0.4 is 5.73 Å². The Morgan fingerprint density at radius 1 is 1.23 bits per heavy atom. The summed E-state index contributed by atoms with van der Waals surface area (Å²) in [7, 11) is 0. The molecule has 0 bridgehead atoms. The summed E-state index contributed by atoms with van der Waals surface area (Å²) in [5, 5.41) is 0. The summed E-state index contributed by atoms with van der Waals surface area (Å²) in [5.74, 6) is 3.31. The average molecular weight is 203 g/mol. The Hall–Kier alpha value is 0.310. The molecule has 0 aliphatic rings. The molecular weight excluding hydrogens is 178 g/mol. The Kier molecular flexibility index (Phi) is 9.10. The van der Waals surface area contributed by atoms with E-state index in [2.05, 4.69) is 20.8 Å². The van der Waals surface area contributed by atoms with Crippen LogP contribution in [0.4, 0.5) is 0 Å². The molecule has 0 aromatic carbocycles. The largest absolute Gasteiger partial charge is 0.328 e.